The summed E-state index contributed by atoms with van der Waals surface area (Å²) >= 11 is 0. The lowest BCUT2D eigenvalue weighted by molar-refractivity contribution is 0.0960. The van der Waals surface area contributed by atoms with Crippen LogP contribution in [-0.2, 0) is 0 Å². The number of ketones is 2. The molecule has 3 aromatic rings. The van der Waals surface area contributed by atoms with E-state index in [0.717, 1.165) is 0 Å². The molecule has 30 heavy (non-hydrogen) atoms. The number of pyridine rings is 1. The van der Waals surface area contributed by atoms with Crippen LogP contribution in [0.5, 0.6) is 11.5 Å². The van der Waals surface area contributed by atoms with Gasteiger partial charge in [-0.15, -0.1) is 0 Å². The Hall–Kier alpha value is -3.87. The third kappa shape index (κ3) is 6.63. The van der Waals surface area contributed by atoms with E-state index in [1.54, 1.807) is 42.5 Å². The number of amides is 1. The Bertz CT molecular complexity index is 1010. The molecule has 1 amide bonds. The van der Waals surface area contributed by atoms with Crippen molar-refractivity contribution < 1.29 is 23.5 Å². The molecule has 1 N–H and O–H groups in total. The number of ether oxygens (including phenoxy) is 1. The van der Waals surface area contributed by atoms with Gasteiger partial charge in [-0.25, -0.2) is 4.39 Å². The third-order valence-corrected chi connectivity index (χ3v) is 3.88. The van der Waals surface area contributed by atoms with E-state index in [-0.39, 0.29) is 17.5 Å². The first-order valence-corrected chi connectivity index (χ1v) is 9.03. The SMILES string of the molecule is CC(=O)c1cccc(Oc2ccnc(C(C)=O)c2)c1.CNC(=O)c1cccc(F)c1. The van der Waals surface area contributed by atoms with Crippen molar-refractivity contribution in [1.82, 2.24) is 10.3 Å². The van der Waals surface area contributed by atoms with Gasteiger partial charge in [0.15, 0.2) is 11.6 Å². The predicted octanol–water partition coefficient (Wildman–Crippen LogP) is 4.46. The summed E-state index contributed by atoms with van der Waals surface area (Å²) in [5.74, 6) is 0.248. The Morgan fingerprint density at radius 1 is 0.867 bits per heavy atom. The van der Waals surface area contributed by atoms with E-state index in [2.05, 4.69) is 10.3 Å². The van der Waals surface area contributed by atoms with Crippen LogP contribution < -0.4 is 10.1 Å². The lowest BCUT2D eigenvalue weighted by atomic mass is 10.1. The molecule has 0 aliphatic heterocycles. The van der Waals surface area contributed by atoms with Crippen LogP contribution in [0.2, 0.25) is 0 Å². The number of nitrogens with one attached hydrogen (secondary N) is 1. The van der Waals surface area contributed by atoms with E-state index in [0.29, 0.717) is 28.3 Å². The van der Waals surface area contributed by atoms with Crippen molar-refractivity contribution in [2.45, 2.75) is 13.8 Å². The van der Waals surface area contributed by atoms with E-state index in [9.17, 15) is 18.8 Å². The van der Waals surface area contributed by atoms with E-state index in [1.807, 2.05) is 0 Å². The van der Waals surface area contributed by atoms with E-state index in [1.165, 1.54) is 45.3 Å². The van der Waals surface area contributed by atoms with Crippen molar-refractivity contribution >= 4 is 17.5 Å². The zero-order valence-electron chi connectivity index (χ0n) is 16.8. The van der Waals surface area contributed by atoms with Gasteiger partial charge in [0.2, 0.25) is 0 Å². The maximum Gasteiger partial charge on any atom is 0.251 e. The van der Waals surface area contributed by atoms with Crippen molar-refractivity contribution in [3.8, 4) is 11.5 Å². The lowest BCUT2D eigenvalue weighted by Crippen LogP contribution is -2.17. The molecule has 0 fully saturated rings. The average molecular weight is 408 g/mol. The molecule has 154 valence electrons. The van der Waals surface area contributed by atoms with Crippen LogP contribution in [0.3, 0.4) is 0 Å². The number of hydrogen-bond donors (Lipinski definition) is 1. The van der Waals surface area contributed by atoms with Crippen molar-refractivity contribution in [3.63, 3.8) is 0 Å². The molecule has 0 atom stereocenters. The second-order valence-corrected chi connectivity index (χ2v) is 6.21. The minimum absolute atomic E-state index is 0.0235. The number of carbonyl (C=O) groups excluding carboxylic acids is 3. The summed E-state index contributed by atoms with van der Waals surface area (Å²) in [6.45, 7) is 2.95. The number of Topliss-reactive ketones (excluding diaryl/α,β-unsaturated/α-hetero) is 2. The van der Waals surface area contributed by atoms with Gasteiger partial charge in [-0.05, 0) is 43.3 Å². The first-order valence-electron chi connectivity index (χ1n) is 9.03. The van der Waals surface area contributed by atoms with E-state index < -0.39 is 5.82 Å². The highest BCUT2D eigenvalue weighted by molar-refractivity contribution is 5.94. The standard InChI is InChI=1S/C15H13NO3.C8H8FNO/c1-10(17)12-4-3-5-13(8-12)19-14-6-7-16-15(9-14)11(2)18;1-10-8(11)6-3-2-4-7(9)5-6/h3-9H,1-2H3;2-5H,1H3,(H,10,11). The van der Waals surface area contributed by atoms with Crippen LogP contribution in [0.1, 0.15) is 45.1 Å². The van der Waals surface area contributed by atoms with Crippen LogP contribution in [0.4, 0.5) is 4.39 Å². The van der Waals surface area contributed by atoms with E-state index >= 15 is 0 Å². The van der Waals surface area contributed by atoms with Crippen LogP contribution in [0, 0.1) is 5.82 Å². The maximum absolute atomic E-state index is 12.5. The minimum atomic E-state index is -0.397. The summed E-state index contributed by atoms with van der Waals surface area (Å²) in [6, 6.07) is 15.7. The third-order valence-electron chi connectivity index (χ3n) is 3.88. The van der Waals surface area contributed by atoms with Gasteiger partial charge in [-0.1, -0.05) is 18.2 Å². The second kappa shape index (κ2) is 10.6. The largest absolute Gasteiger partial charge is 0.457 e. The second-order valence-electron chi connectivity index (χ2n) is 6.21. The van der Waals surface area contributed by atoms with Crippen LogP contribution in [-0.4, -0.2) is 29.5 Å². The van der Waals surface area contributed by atoms with Crippen molar-refractivity contribution in [2.24, 2.45) is 0 Å². The molecule has 1 heterocycles. The predicted molar refractivity (Wildman–Crippen MR) is 111 cm³/mol. The highest BCUT2D eigenvalue weighted by Crippen LogP contribution is 2.22. The van der Waals surface area contributed by atoms with Crippen LogP contribution in [0.15, 0.2) is 66.9 Å². The average Bonchev–Trinajstić information content (AvgIpc) is 2.74. The summed E-state index contributed by atoms with van der Waals surface area (Å²) in [6.07, 6.45) is 1.51. The molecule has 0 saturated carbocycles. The van der Waals surface area contributed by atoms with Gasteiger partial charge in [-0.2, -0.15) is 0 Å². The number of aromatic nitrogens is 1. The van der Waals surface area contributed by atoms with Gasteiger partial charge in [0.05, 0.1) is 0 Å². The quantitative estimate of drug-likeness (QED) is 0.630. The van der Waals surface area contributed by atoms with Gasteiger partial charge >= 0.3 is 0 Å². The molecule has 0 unspecified atom stereocenters. The normalized spacial score (nSPS) is 9.73. The molecule has 0 radical (unpaired) electrons. The number of halogens is 1. The Balaban J connectivity index is 0.000000248. The van der Waals surface area contributed by atoms with Crippen molar-refractivity contribution in [2.75, 3.05) is 7.05 Å². The van der Waals surface area contributed by atoms with Gasteiger partial charge in [0, 0.05) is 37.4 Å². The molecule has 6 nitrogen and oxygen atoms in total. The topological polar surface area (TPSA) is 85.4 Å². The zero-order chi connectivity index (χ0) is 22.1. The summed E-state index contributed by atoms with van der Waals surface area (Å²) < 4.78 is 18.1. The molecule has 0 spiro atoms. The van der Waals surface area contributed by atoms with E-state index in [4.69, 9.17) is 4.74 Å². The summed E-state index contributed by atoms with van der Waals surface area (Å²) in [5, 5.41) is 2.40. The maximum atomic E-state index is 12.5. The smallest absolute Gasteiger partial charge is 0.251 e. The molecule has 1 aromatic heterocycles. The Kier molecular flexibility index (Phi) is 7.93. The minimum Gasteiger partial charge on any atom is -0.457 e. The molecule has 0 saturated heterocycles. The first-order chi connectivity index (χ1) is 14.3. The fourth-order valence-electron chi connectivity index (χ4n) is 2.36. The molecular weight excluding hydrogens is 387 g/mol. The Morgan fingerprint density at radius 2 is 1.53 bits per heavy atom. The molecule has 0 bridgehead atoms. The summed E-state index contributed by atoms with van der Waals surface area (Å²) in [5.41, 5.74) is 1.27. The highest BCUT2D eigenvalue weighted by Gasteiger charge is 2.06. The lowest BCUT2D eigenvalue weighted by Gasteiger charge is -2.07. The number of rotatable bonds is 5. The van der Waals surface area contributed by atoms with Gasteiger partial charge in [0.1, 0.15) is 23.0 Å². The number of nitrogens with zero attached hydrogens (tertiary/aromatic N) is 1. The van der Waals surface area contributed by atoms with Crippen molar-refractivity contribution in [3.05, 3.63) is 89.5 Å². The summed E-state index contributed by atoms with van der Waals surface area (Å²) in [7, 11) is 1.51. The molecular formula is C23H21FN2O4. The fraction of sp³-hybridized carbons (Fsp3) is 0.130. The van der Waals surface area contributed by atoms with Gasteiger partial charge in [0.25, 0.3) is 5.91 Å². The summed E-state index contributed by atoms with van der Waals surface area (Å²) in [4.78, 5) is 37.3. The fourth-order valence-corrected chi connectivity index (χ4v) is 2.36. The number of hydrogen-bond acceptors (Lipinski definition) is 5. The first kappa shape index (κ1) is 22.4. The Morgan fingerprint density at radius 3 is 2.17 bits per heavy atom. The van der Waals surface area contributed by atoms with Gasteiger partial charge < -0.3 is 10.1 Å². The molecule has 3 rings (SSSR count). The molecule has 7 heteroatoms. The van der Waals surface area contributed by atoms with Crippen LogP contribution >= 0.6 is 0 Å². The zero-order valence-corrected chi connectivity index (χ0v) is 16.8. The van der Waals surface area contributed by atoms with Crippen molar-refractivity contribution in [1.29, 1.82) is 0 Å². The Labute approximate surface area is 173 Å². The van der Waals surface area contributed by atoms with Crippen LogP contribution in [0.25, 0.3) is 0 Å². The number of carbonyl (C=O) groups is 3. The highest BCUT2D eigenvalue weighted by atomic mass is 19.1. The molecule has 0 aliphatic carbocycles. The van der Waals surface area contributed by atoms with Gasteiger partial charge in [-0.3, -0.25) is 19.4 Å². The molecule has 2 aromatic carbocycles. The molecule has 0 aliphatic rings. The monoisotopic (exact) mass is 408 g/mol. The number of benzene rings is 2.